The molecule has 8 amide bonds. The van der Waals surface area contributed by atoms with Crippen molar-refractivity contribution in [3.63, 3.8) is 0 Å². The van der Waals surface area contributed by atoms with E-state index in [4.69, 9.17) is 28.7 Å². The molecule has 0 aliphatic rings. The first-order valence-corrected chi connectivity index (χ1v) is 24.8. The Kier molecular flexibility index (Phi) is 31.8. The van der Waals surface area contributed by atoms with Crippen LogP contribution < -0.4 is 65.9 Å². The van der Waals surface area contributed by atoms with E-state index in [1.165, 1.54) is 11.8 Å². The molecule has 0 fully saturated rings. The molecule has 0 aromatic carbocycles. The van der Waals surface area contributed by atoms with E-state index in [9.17, 15) is 68.1 Å². The van der Waals surface area contributed by atoms with Crippen molar-refractivity contribution in [2.75, 3.05) is 25.1 Å². The minimum Gasteiger partial charge on any atom is -0.481 e. The van der Waals surface area contributed by atoms with Gasteiger partial charge in [0.15, 0.2) is 5.96 Å². The molecule has 0 spiro atoms. The summed E-state index contributed by atoms with van der Waals surface area (Å²) in [6.45, 7) is 6.88. The molecule has 0 bridgehead atoms. The van der Waals surface area contributed by atoms with E-state index in [0.29, 0.717) is 25.0 Å². The number of thioether (sulfide) groups is 1. The van der Waals surface area contributed by atoms with E-state index in [2.05, 4.69) is 42.2 Å². The molecule has 0 radical (unpaired) electrons. The van der Waals surface area contributed by atoms with Gasteiger partial charge in [-0.15, -0.1) is 0 Å². The van der Waals surface area contributed by atoms with Crippen molar-refractivity contribution in [3.8, 4) is 0 Å². The summed E-state index contributed by atoms with van der Waals surface area (Å²) in [6, 6.07) is -11.6. The molecule has 0 aromatic heterocycles. The molecule has 0 aliphatic heterocycles. The molecule has 71 heavy (non-hydrogen) atoms. The molecule has 0 heterocycles. The standard InChI is InChI=1S/C43H77N13O14S/c1-6-22(3)33(55-35(62)24(45)13-15-30(46)57)41(68)54-29(21-32(60)61)39(66)50-25(12-10-19-49-43(47)48)38(65)56-34(23(4)7-2)40(67)52-27(17-20-71-5)37(64)51-26(14-16-31(58)59)36(63)53-28(42(69)70)11-8-9-18-44/h22-29,33-34H,6-21,44-45H2,1-5H3,(H2,46,57)(H,50,66)(H,51,64)(H,52,67)(H,53,63)(H,54,68)(H,55,62)(H,56,65)(H,58,59)(H,60,61)(H,69,70)(H4,47,48,49)/t22-,23-,24-,25-,26-,27-,28-,29-,33-,34-/m0/s1. The molecule has 28 heteroatoms. The molecule has 0 saturated heterocycles. The Morgan fingerprint density at radius 3 is 1.45 bits per heavy atom. The normalized spacial score (nSPS) is 15.2. The van der Waals surface area contributed by atoms with Crippen LogP contribution in [0.15, 0.2) is 4.99 Å². The quantitative estimate of drug-likeness (QED) is 0.0162. The first-order chi connectivity index (χ1) is 33.3. The summed E-state index contributed by atoms with van der Waals surface area (Å²) in [6.07, 6.45) is 0.642. The minimum atomic E-state index is -1.82. The Morgan fingerprint density at radius 2 is 0.986 bits per heavy atom. The molecule has 0 aliphatic carbocycles. The van der Waals surface area contributed by atoms with Gasteiger partial charge >= 0.3 is 17.9 Å². The number of carboxylic acid groups (broad SMARTS) is 3. The number of carbonyl (C=O) groups excluding carboxylic acids is 8. The van der Waals surface area contributed by atoms with E-state index in [1.807, 2.05) is 0 Å². The first-order valence-electron chi connectivity index (χ1n) is 23.4. The largest absolute Gasteiger partial charge is 0.481 e. The van der Waals surface area contributed by atoms with E-state index in [-0.39, 0.29) is 64.0 Å². The van der Waals surface area contributed by atoms with Crippen molar-refractivity contribution in [2.24, 2.45) is 45.5 Å². The zero-order chi connectivity index (χ0) is 54.4. The average Bonchev–Trinajstić information content (AvgIpc) is 3.30. The number of aliphatic imine (C=N–C) groups is 1. The van der Waals surface area contributed by atoms with Crippen molar-refractivity contribution >= 4 is 82.9 Å². The van der Waals surface area contributed by atoms with Crippen LogP contribution in [0.25, 0.3) is 0 Å². The summed E-state index contributed by atoms with van der Waals surface area (Å²) in [4.78, 5) is 147. The average molecular weight is 1030 g/mol. The number of amides is 8. The van der Waals surface area contributed by atoms with E-state index in [1.54, 1.807) is 34.0 Å². The summed E-state index contributed by atoms with van der Waals surface area (Å²) in [7, 11) is 0. The Labute approximate surface area is 417 Å². The SMILES string of the molecule is CC[C@H](C)[C@H](NC(=O)[C@H](CCCN=C(N)N)NC(=O)[C@H](CC(=O)O)NC(=O)[C@@H](NC(=O)[C@@H](N)CCC(N)=O)[C@@H](C)CC)C(=O)N[C@@H](CCSC)C(=O)N[C@@H](CCC(=O)O)C(=O)N[C@@H](CCCCN)C(=O)O. The molecule has 0 aromatic rings. The smallest absolute Gasteiger partial charge is 0.326 e. The number of guanidine groups is 1. The lowest BCUT2D eigenvalue weighted by Crippen LogP contribution is -2.61. The van der Waals surface area contributed by atoms with Gasteiger partial charge in [-0.05, 0) is 81.8 Å². The van der Waals surface area contributed by atoms with Gasteiger partial charge < -0.3 is 81.2 Å². The van der Waals surface area contributed by atoms with Crippen LogP contribution in [0.2, 0.25) is 0 Å². The zero-order valence-corrected chi connectivity index (χ0v) is 42.0. The fourth-order valence-electron chi connectivity index (χ4n) is 6.63. The highest BCUT2D eigenvalue weighted by Crippen LogP contribution is 2.14. The van der Waals surface area contributed by atoms with Gasteiger partial charge in [-0.25, -0.2) is 4.79 Å². The number of aliphatic carboxylic acids is 3. The molecular formula is C43H77N13O14S. The number of hydrogen-bond acceptors (Lipinski definition) is 15. The van der Waals surface area contributed by atoms with Crippen molar-refractivity contribution in [1.29, 1.82) is 0 Å². The molecule has 0 unspecified atom stereocenters. The van der Waals surface area contributed by atoms with Crippen LogP contribution >= 0.6 is 11.8 Å². The summed E-state index contributed by atoms with van der Waals surface area (Å²) < 4.78 is 0. The highest BCUT2D eigenvalue weighted by Gasteiger charge is 2.37. The van der Waals surface area contributed by atoms with Crippen LogP contribution in [0.1, 0.15) is 111 Å². The van der Waals surface area contributed by atoms with Gasteiger partial charge in [0.25, 0.3) is 0 Å². The fraction of sp³-hybridized carbons (Fsp3) is 0.721. The number of primary amides is 1. The third-order valence-electron chi connectivity index (χ3n) is 11.3. The number of nitrogens with zero attached hydrogens (tertiary/aromatic N) is 1. The molecule has 20 N–H and O–H groups in total. The predicted octanol–water partition coefficient (Wildman–Crippen LogP) is -3.58. The Balaban J connectivity index is 6.79. The van der Waals surface area contributed by atoms with Crippen molar-refractivity contribution in [3.05, 3.63) is 0 Å². The third kappa shape index (κ3) is 26.5. The molecule has 0 saturated carbocycles. The van der Waals surface area contributed by atoms with Gasteiger partial charge in [0.05, 0.1) is 12.5 Å². The number of carboxylic acids is 3. The number of hydrogen-bond donors (Lipinski definition) is 15. The van der Waals surface area contributed by atoms with Gasteiger partial charge in [0, 0.05) is 19.4 Å². The second-order valence-electron chi connectivity index (χ2n) is 17.0. The lowest BCUT2D eigenvalue weighted by Gasteiger charge is -2.30. The maximum Gasteiger partial charge on any atom is 0.326 e. The summed E-state index contributed by atoms with van der Waals surface area (Å²) in [5.41, 5.74) is 27.5. The monoisotopic (exact) mass is 1030 g/mol. The number of rotatable bonds is 38. The van der Waals surface area contributed by atoms with E-state index in [0.717, 1.165) is 0 Å². The summed E-state index contributed by atoms with van der Waals surface area (Å²) >= 11 is 1.31. The van der Waals surface area contributed by atoms with Gasteiger partial charge in [-0.2, -0.15) is 11.8 Å². The predicted molar refractivity (Wildman–Crippen MR) is 261 cm³/mol. The lowest BCUT2D eigenvalue weighted by molar-refractivity contribution is -0.143. The van der Waals surface area contributed by atoms with Crippen LogP contribution in [-0.4, -0.2) is 160 Å². The molecule has 10 atom stereocenters. The molecule has 27 nitrogen and oxygen atoms in total. The lowest BCUT2D eigenvalue weighted by atomic mass is 9.96. The molecular weight excluding hydrogens is 955 g/mol. The van der Waals surface area contributed by atoms with Crippen LogP contribution in [-0.2, 0) is 52.7 Å². The molecule has 404 valence electrons. The van der Waals surface area contributed by atoms with Crippen LogP contribution in [0.3, 0.4) is 0 Å². The maximum absolute atomic E-state index is 14.2. The first kappa shape index (κ1) is 64.7. The van der Waals surface area contributed by atoms with Gasteiger partial charge in [0.2, 0.25) is 47.3 Å². The highest BCUT2D eigenvalue weighted by atomic mass is 32.2. The Hall–Kier alpha value is -6.29. The van der Waals surface area contributed by atoms with Gasteiger partial charge in [-0.1, -0.05) is 40.5 Å². The second kappa shape index (κ2) is 34.9. The number of unbranched alkanes of at least 4 members (excludes halogenated alkanes) is 1. The van der Waals surface area contributed by atoms with Crippen molar-refractivity contribution < 1.29 is 68.1 Å². The summed E-state index contributed by atoms with van der Waals surface area (Å²) in [5, 5.41) is 46.1. The Bertz CT molecular complexity index is 1840. The highest BCUT2D eigenvalue weighted by molar-refractivity contribution is 7.98. The number of carbonyl (C=O) groups is 11. The second-order valence-corrected chi connectivity index (χ2v) is 18.0. The summed E-state index contributed by atoms with van der Waals surface area (Å²) in [5.74, 6) is -12.7. The minimum absolute atomic E-state index is 0.00556. The van der Waals surface area contributed by atoms with Gasteiger partial charge in [0.1, 0.15) is 42.3 Å². The fourth-order valence-corrected chi connectivity index (χ4v) is 7.11. The van der Waals surface area contributed by atoms with Crippen molar-refractivity contribution in [2.45, 2.75) is 160 Å². The zero-order valence-electron chi connectivity index (χ0n) is 41.2. The van der Waals surface area contributed by atoms with E-state index < -0.39 is 145 Å². The topological polar surface area (TPSA) is 475 Å². The van der Waals surface area contributed by atoms with Crippen LogP contribution in [0.4, 0.5) is 0 Å². The van der Waals surface area contributed by atoms with Crippen molar-refractivity contribution in [1.82, 2.24) is 37.2 Å². The van der Waals surface area contributed by atoms with E-state index >= 15 is 0 Å². The van der Waals surface area contributed by atoms with Crippen LogP contribution in [0, 0.1) is 11.8 Å². The number of nitrogens with one attached hydrogen (secondary N) is 7. The molecule has 0 rings (SSSR count). The Morgan fingerprint density at radius 1 is 0.535 bits per heavy atom. The maximum atomic E-state index is 14.2. The van der Waals surface area contributed by atoms with Gasteiger partial charge in [-0.3, -0.25) is 52.9 Å². The third-order valence-corrected chi connectivity index (χ3v) is 11.9. The number of nitrogens with two attached hydrogens (primary N) is 5. The van der Waals surface area contributed by atoms with Crippen LogP contribution in [0.5, 0.6) is 0 Å².